The SMILES string of the molecule is O=C1NCCC1CC(NC(=O)C1C2CCCC2CN1C(=O)c1cc2c(Cl)cc(F)c(Cl)c2[nH]1)C(=O)CO. The highest BCUT2D eigenvalue weighted by Gasteiger charge is 2.50. The van der Waals surface area contributed by atoms with E-state index in [-0.39, 0.29) is 45.4 Å². The first-order chi connectivity index (χ1) is 17.7. The van der Waals surface area contributed by atoms with Gasteiger partial charge in [0, 0.05) is 24.4 Å². The molecule has 5 atom stereocenters. The van der Waals surface area contributed by atoms with Gasteiger partial charge in [0.1, 0.15) is 29.2 Å². The molecule has 2 saturated heterocycles. The predicted octanol–water partition coefficient (Wildman–Crippen LogP) is 2.43. The molecule has 1 aliphatic carbocycles. The Morgan fingerprint density at radius 1 is 1.22 bits per heavy atom. The number of aliphatic hydroxyl groups excluding tert-OH is 1. The van der Waals surface area contributed by atoms with Gasteiger partial charge < -0.3 is 25.6 Å². The molecule has 3 heterocycles. The number of aromatic amines is 1. The fraction of sp³-hybridized carbons (Fsp3) is 0.520. The lowest BCUT2D eigenvalue weighted by Crippen LogP contribution is -2.53. The van der Waals surface area contributed by atoms with Crippen LogP contribution in [0.15, 0.2) is 12.1 Å². The molecule has 2 aromatic rings. The lowest BCUT2D eigenvalue weighted by Gasteiger charge is -2.29. The number of nitrogens with one attached hydrogen (secondary N) is 3. The van der Waals surface area contributed by atoms with Gasteiger partial charge in [-0.3, -0.25) is 19.2 Å². The molecule has 3 amide bonds. The van der Waals surface area contributed by atoms with E-state index in [4.69, 9.17) is 23.2 Å². The van der Waals surface area contributed by atoms with Crippen LogP contribution in [0.5, 0.6) is 0 Å². The highest BCUT2D eigenvalue weighted by molar-refractivity contribution is 6.40. The molecule has 5 rings (SSSR count). The Morgan fingerprint density at radius 2 is 2.00 bits per heavy atom. The maximum absolute atomic E-state index is 14.1. The number of aromatic nitrogens is 1. The summed E-state index contributed by atoms with van der Waals surface area (Å²) in [6.45, 7) is 0.0801. The second kappa shape index (κ2) is 10.2. The van der Waals surface area contributed by atoms with Gasteiger partial charge in [-0.25, -0.2) is 4.39 Å². The maximum Gasteiger partial charge on any atom is 0.271 e. The molecular weight excluding hydrogens is 526 g/mol. The summed E-state index contributed by atoms with van der Waals surface area (Å²) in [5.41, 5.74) is 0.312. The van der Waals surface area contributed by atoms with Crippen molar-refractivity contribution in [3.8, 4) is 0 Å². The van der Waals surface area contributed by atoms with Crippen LogP contribution in [0.3, 0.4) is 0 Å². The molecule has 9 nitrogen and oxygen atoms in total. The normalized spacial score (nSPS) is 25.8. The van der Waals surface area contributed by atoms with Crippen molar-refractivity contribution >= 4 is 57.6 Å². The van der Waals surface area contributed by atoms with E-state index in [9.17, 15) is 28.7 Å². The van der Waals surface area contributed by atoms with Crippen molar-refractivity contribution in [1.29, 1.82) is 0 Å². The van der Waals surface area contributed by atoms with E-state index < -0.39 is 48.0 Å². The molecule has 12 heteroatoms. The van der Waals surface area contributed by atoms with Crippen molar-refractivity contribution in [2.75, 3.05) is 19.7 Å². The monoisotopic (exact) mass is 552 g/mol. The number of likely N-dealkylation sites (tertiary alicyclic amines) is 1. The van der Waals surface area contributed by atoms with E-state index in [1.54, 1.807) is 0 Å². The fourth-order valence-corrected chi connectivity index (χ4v) is 6.55. The minimum atomic E-state index is -1.04. The molecular formula is C25H27Cl2FN4O5. The number of nitrogens with zero attached hydrogens (tertiary/aromatic N) is 1. The summed E-state index contributed by atoms with van der Waals surface area (Å²) >= 11 is 12.2. The molecule has 1 aromatic heterocycles. The minimum absolute atomic E-state index is 0.0797. The van der Waals surface area contributed by atoms with Gasteiger partial charge in [-0.15, -0.1) is 0 Å². The Kier molecular flexibility index (Phi) is 7.17. The zero-order chi connectivity index (χ0) is 26.4. The van der Waals surface area contributed by atoms with Crippen LogP contribution < -0.4 is 10.6 Å². The molecule has 0 radical (unpaired) electrons. The van der Waals surface area contributed by atoms with Gasteiger partial charge in [-0.2, -0.15) is 0 Å². The maximum atomic E-state index is 14.1. The van der Waals surface area contributed by atoms with Gasteiger partial charge in [-0.05, 0) is 49.7 Å². The Morgan fingerprint density at radius 3 is 2.70 bits per heavy atom. The van der Waals surface area contributed by atoms with Crippen LogP contribution in [0.4, 0.5) is 4.39 Å². The average molecular weight is 553 g/mol. The number of hydrogen-bond donors (Lipinski definition) is 4. The van der Waals surface area contributed by atoms with Crippen LogP contribution >= 0.6 is 23.2 Å². The molecule has 2 aliphatic heterocycles. The van der Waals surface area contributed by atoms with Crippen molar-refractivity contribution in [3.05, 3.63) is 33.7 Å². The smallest absolute Gasteiger partial charge is 0.271 e. The topological polar surface area (TPSA) is 132 Å². The van der Waals surface area contributed by atoms with Gasteiger partial charge >= 0.3 is 0 Å². The van der Waals surface area contributed by atoms with Crippen molar-refractivity contribution in [2.24, 2.45) is 17.8 Å². The molecule has 3 aliphatic rings. The molecule has 0 spiro atoms. The fourth-order valence-electron chi connectivity index (χ4n) is 6.10. The number of aliphatic hydroxyl groups is 1. The Hall–Kier alpha value is -2.69. The zero-order valence-electron chi connectivity index (χ0n) is 19.9. The third-order valence-corrected chi connectivity index (χ3v) is 8.63. The van der Waals surface area contributed by atoms with E-state index in [1.165, 1.54) is 11.0 Å². The third-order valence-electron chi connectivity index (χ3n) is 7.95. The van der Waals surface area contributed by atoms with Gasteiger partial charge in [0.15, 0.2) is 5.78 Å². The number of ketones is 1. The van der Waals surface area contributed by atoms with Crippen LogP contribution in [-0.2, 0) is 14.4 Å². The van der Waals surface area contributed by atoms with Gasteiger partial charge in [-0.1, -0.05) is 29.6 Å². The Labute approximate surface area is 222 Å². The highest BCUT2D eigenvalue weighted by atomic mass is 35.5. The molecule has 3 fully saturated rings. The largest absolute Gasteiger partial charge is 0.389 e. The number of benzene rings is 1. The number of halogens is 3. The van der Waals surface area contributed by atoms with Crippen molar-refractivity contribution in [1.82, 2.24) is 20.5 Å². The third kappa shape index (κ3) is 4.70. The summed E-state index contributed by atoms with van der Waals surface area (Å²) in [6, 6.07) is 0.691. The van der Waals surface area contributed by atoms with Crippen LogP contribution in [0.25, 0.3) is 10.9 Å². The van der Waals surface area contributed by atoms with Crippen LogP contribution in [-0.4, -0.2) is 70.3 Å². The number of Topliss-reactive ketones (excluding diaryl/α,β-unsaturated/α-hetero) is 1. The quantitative estimate of drug-likeness (QED) is 0.392. The number of rotatable bonds is 7. The second-order valence-corrected chi connectivity index (χ2v) is 10.9. The molecule has 1 saturated carbocycles. The zero-order valence-corrected chi connectivity index (χ0v) is 21.4. The summed E-state index contributed by atoms with van der Waals surface area (Å²) in [5.74, 6) is -2.85. The molecule has 1 aromatic carbocycles. The summed E-state index contributed by atoms with van der Waals surface area (Å²) in [5, 5.41) is 15.2. The number of carbonyl (C=O) groups excluding carboxylic acids is 4. The highest BCUT2D eigenvalue weighted by Crippen LogP contribution is 2.43. The van der Waals surface area contributed by atoms with Crippen LogP contribution in [0.1, 0.15) is 42.6 Å². The first kappa shape index (κ1) is 25.9. The van der Waals surface area contributed by atoms with Crippen molar-refractivity contribution in [3.63, 3.8) is 0 Å². The number of hydrogen-bond acceptors (Lipinski definition) is 5. The molecule has 4 N–H and O–H groups in total. The van der Waals surface area contributed by atoms with E-state index in [2.05, 4.69) is 15.6 Å². The Balaban J connectivity index is 1.41. The standard InChI is InChI=1S/C25H27Cl2FN4O5/c26-15-8-16(28)20(27)21-14(15)7-18(30-21)25(37)32-9-12-2-1-3-13(12)22(32)24(36)31-17(19(34)10-33)6-11-4-5-29-23(11)35/h7-8,11-13,17,22,30,33H,1-6,9-10H2,(H,29,35)(H,31,36). The molecule has 0 bridgehead atoms. The number of fused-ring (bicyclic) bond motifs is 2. The van der Waals surface area contributed by atoms with E-state index in [0.717, 1.165) is 25.3 Å². The van der Waals surface area contributed by atoms with E-state index >= 15 is 0 Å². The Bertz CT molecular complexity index is 1280. The summed E-state index contributed by atoms with van der Waals surface area (Å²) in [6.07, 6.45) is 3.17. The number of carbonyl (C=O) groups is 4. The lowest BCUT2D eigenvalue weighted by molar-refractivity contribution is -0.133. The van der Waals surface area contributed by atoms with Crippen LogP contribution in [0, 0.1) is 23.6 Å². The van der Waals surface area contributed by atoms with E-state index in [1.807, 2.05) is 0 Å². The first-order valence-electron chi connectivity index (χ1n) is 12.4. The van der Waals surface area contributed by atoms with Crippen molar-refractivity contribution < 1.29 is 28.7 Å². The summed E-state index contributed by atoms with van der Waals surface area (Å²) in [7, 11) is 0. The van der Waals surface area contributed by atoms with E-state index in [0.29, 0.717) is 24.9 Å². The summed E-state index contributed by atoms with van der Waals surface area (Å²) < 4.78 is 14.1. The number of amides is 3. The minimum Gasteiger partial charge on any atom is -0.389 e. The van der Waals surface area contributed by atoms with Gasteiger partial charge in [0.2, 0.25) is 11.8 Å². The van der Waals surface area contributed by atoms with Crippen molar-refractivity contribution in [2.45, 2.75) is 44.2 Å². The molecule has 5 unspecified atom stereocenters. The molecule has 37 heavy (non-hydrogen) atoms. The second-order valence-electron chi connectivity index (χ2n) is 10.1. The average Bonchev–Trinajstić information content (AvgIpc) is 3.65. The summed E-state index contributed by atoms with van der Waals surface area (Å²) in [4.78, 5) is 56.1. The first-order valence-corrected chi connectivity index (χ1v) is 13.1. The lowest BCUT2D eigenvalue weighted by atomic mass is 9.92. The predicted molar refractivity (Wildman–Crippen MR) is 134 cm³/mol. The van der Waals surface area contributed by atoms with Gasteiger partial charge in [0.05, 0.1) is 16.6 Å². The van der Waals surface area contributed by atoms with Crippen LogP contribution in [0.2, 0.25) is 10.0 Å². The molecule has 198 valence electrons. The van der Waals surface area contributed by atoms with Gasteiger partial charge in [0.25, 0.3) is 5.91 Å². The number of H-pyrrole nitrogens is 1.